The molecule has 1 aromatic rings. The van der Waals surface area contributed by atoms with Gasteiger partial charge in [0.05, 0.1) is 11.3 Å². The van der Waals surface area contributed by atoms with Gasteiger partial charge in [0.1, 0.15) is 0 Å². The molecule has 0 aromatic carbocycles. The van der Waals surface area contributed by atoms with Gasteiger partial charge in [-0.05, 0) is 0 Å². The van der Waals surface area contributed by atoms with Crippen molar-refractivity contribution in [2.75, 3.05) is 5.73 Å². The average Bonchev–Trinajstić information content (AvgIpc) is 2.10. The van der Waals surface area contributed by atoms with Gasteiger partial charge in [-0.2, -0.15) is 0 Å². The van der Waals surface area contributed by atoms with Gasteiger partial charge in [0, 0.05) is 19.4 Å². The summed E-state index contributed by atoms with van der Waals surface area (Å²) in [7, 11) is 1.66. The molecule has 1 aromatic heterocycles. The Kier molecular flexibility index (Phi) is 1.61. The summed E-state index contributed by atoms with van der Waals surface area (Å²) >= 11 is 0. The smallest absolute Gasteiger partial charge is 0.267 e. The Bertz CT molecular complexity index is 230. The summed E-state index contributed by atoms with van der Waals surface area (Å²) in [4.78, 5) is 0. The van der Waals surface area contributed by atoms with E-state index in [0.717, 1.165) is 0 Å². The minimum absolute atomic E-state index is 0.0949. The number of rotatable bonds is 1. The largest absolute Gasteiger partial charge is 0.397 e. The zero-order valence-corrected chi connectivity index (χ0v) is 5.51. The van der Waals surface area contributed by atoms with Gasteiger partial charge in [-0.15, -0.1) is 0 Å². The molecule has 1 heterocycles. The van der Waals surface area contributed by atoms with Crippen LogP contribution in [0.3, 0.4) is 0 Å². The van der Waals surface area contributed by atoms with E-state index in [9.17, 15) is 8.78 Å². The topological polar surface area (TPSA) is 30.9 Å². The number of hydrogen-bond acceptors (Lipinski definition) is 1. The number of alkyl halides is 2. The number of nitrogens with two attached hydrogens (primary N) is 1. The van der Waals surface area contributed by atoms with Crippen LogP contribution in [0.25, 0.3) is 0 Å². The average molecular weight is 146 g/mol. The van der Waals surface area contributed by atoms with Crippen molar-refractivity contribution < 1.29 is 8.78 Å². The molecule has 4 heteroatoms. The molecule has 1 rings (SSSR count). The molecule has 0 atom stereocenters. The molecule has 0 aliphatic heterocycles. The minimum atomic E-state index is -2.47. The normalized spacial score (nSPS) is 10.8. The summed E-state index contributed by atoms with van der Waals surface area (Å²) in [6.07, 6.45) is 0.308. The van der Waals surface area contributed by atoms with Gasteiger partial charge < -0.3 is 10.3 Å². The van der Waals surface area contributed by atoms with Gasteiger partial charge in [0.25, 0.3) is 6.43 Å². The highest BCUT2D eigenvalue weighted by molar-refractivity contribution is 5.45. The Morgan fingerprint density at radius 3 is 2.30 bits per heavy atom. The van der Waals surface area contributed by atoms with Crippen molar-refractivity contribution >= 4 is 5.69 Å². The predicted octanol–water partition coefficient (Wildman–Crippen LogP) is 1.54. The summed E-state index contributed by atoms with van der Waals surface area (Å²) in [5.74, 6) is 0. The molecule has 0 radical (unpaired) electrons. The third kappa shape index (κ3) is 1.10. The van der Waals surface area contributed by atoms with Gasteiger partial charge >= 0.3 is 0 Å². The van der Waals surface area contributed by atoms with Gasteiger partial charge in [-0.1, -0.05) is 0 Å². The van der Waals surface area contributed by atoms with Crippen LogP contribution < -0.4 is 5.73 Å². The summed E-state index contributed by atoms with van der Waals surface area (Å²) in [5, 5.41) is 0. The molecule has 2 N–H and O–H groups in total. The molecule has 0 bridgehead atoms. The van der Waals surface area contributed by atoms with Crippen LogP contribution in [0.1, 0.15) is 12.0 Å². The Morgan fingerprint density at radius 1 is 1.50 bits per heavy atom. The first-order valence-corrected chi connectivity index (χ1v) is 2.80. The Hall–Kier alpha value is -1.06. The van der Waals surface area contributed by atoms with Crippen molar-refractivity contribution in [1.82, 2.24) is 4.57 Å². The van der Waals surface area contributed by atoms with Crippen LogP contribution >= 0.6 is 0 Å². The molecule has 0 spiro atoms. The van der Waals surface area contributed by atoms with Gasteiger partial charge in [0.15, 0.2) is 0 Å². The van der Waals surface area contributed by atoms with Gasteiger partial charge in [0.2, 0.25) is 0 Å². The number of anilines is 1. The fourth-order valence-electron chi connectivity index (χ4n) is 0.807. The maximum absolute atomic E-state index is 11.9. The van der Waals surface area contributed by atoms with Crippen LogP contribution in [0.5, 0.6) is 0 Å². The van der Waals surface area contributed by atoms with Crippen molar-refractivity contribution in [1.29, 1.82) is 0 Å². The lowest BCUT2D eigenvalue weighted by Crippen LogP contribution is -1.88. The molecule has 0 amide bonds. The molecular formula is C6H8F2N2. The first-order valence-electron chi connectivity index (χ1n) is 2.80. The van der Waals surface area contributed by atoms with Crippen molar-refractivity contribution in [3.05, 3.63) is 18.0 Å². The van der Waals surface area contributed by atoms with Crippen LogP contribution in [-0.4, -0.2) is 4.57 Å². The van der Waals surface area contributed by atoms with Crippen LogP contribution in [0.15, 0.2) is 12.4 Å². The lowest BCUT2D eigenvalue weighted by atomic mass is 10.3. The summed E-state index contributed by atoms with van der Waals surface area (Å²) < 4.78 is 25.4. The van der Waals surface area contributed by atoms with E-state index in [4.69, 9.17) is 5.73 Å². The highest BCUT2D eigenvalue weighted by Crippen LogP contribution is 2.24. The molecule has 2 nitrogen and oxygen atoms in total. The van der Waals surface area contributed by atoms with E-state index in [-0.39, 0.29) is 11.3 Å². The fraction of sp³-hybridized carbons (Fsp3) is 0.333. The second-order valence-corrected chi connectivity index (χ2v) is 2.14. The van der Waals surface area contributed by atoms with Crippen LogP contribution in [-0.2, 0) is 7.05 Å². The lowest BCUT2D eigenvalue weighted by Gasteiger charge is -1.93. The maximum Gasteiger partial charge on any atom is 0.267 e. The van der Waals surface area contributed by atoms with E-state index in [1.54, 1.807) is 7.05 Å². The molecule has 0 saturated carbocycles. The van der Waals surface area contributed by atoms with Crippen molar-refractivity contribution in [2.45, 2.75) is 6.43 Å². The number of nitrogens with zero attached hydrogens (tertiary/aromatic N) is 1. The molecule has 56 valence electrons. The third-order valence-corrected chi connectivity index (χ3v) is 1.25. The molecular weight excluding hydrogens is 138 g/mol. The van der Waals surface area contributed by atoms with E-state index in [2.05, 4.69) is 0 Å². The number of aromatic nitrogens is 1. The first-order chi connectivity index (χ1) is 4.61. The highest BCUT2D eigenvalue weighted by Gasteiger charge is 2.11. The number of hydrogen-bond donors (Lipinski definition) is 1. The van der Waals surface area contributed by atoms with Gasteiger partial charge in [-0.25, -0.2) is 8.78 Å². The highest BCUT2D eigenvalue weighted by atomic mass is 19.3. The van der Waals surface area contributed by atoms with Crippen molar-refractivity contribution in [2.24, 2.45) is 7.05 Å². The third-order valence-electron chi connectivity index (χ3n) is 1.25. The molecule has 10 heavy (non-hydrogen) atoms. The Balaban J connectivity index is 3.03. The zero-order valence-electron chi connectivity index (χ0n) is 5.51. The Labute approximate surface area is 57.3 Å². The van der Waals surface area contributed by atoms with Crippen LogP contribution in [0.4, 0.5) is 14.5 Å². The number of nitrogen functional groups attached to an aromatic ring is 1. The summed E-state index contributed by atoms with van der Waals surface area (Å²) in [6, 6.07) is 0. The lowest BCUT2D eigenvalue weighted by molar-refractivity contribution is 0.152. The molecule has 0 unspecified atom stereocenters. The summed E-state index contributed by atoms with van der Waals surface area (Å²) in [6.45, 7) is 0. The van der Waals surface area contributed by atoms with Crippen molar-refractivity contribution in [3.63, 3.8) is 0 Å². The molecule has 0 aliphatic carbocycles. The van der Waals surface area contributed by atoms with E-state index in [0.29, 0.717) is 0 Å². The molecule has 0 fully saturated rings. The SMILES string of the molecule is Cn1cc(N)c(C(F)F)c1. The number of aryl methyl sites for hydroxylation is 1. The fourth-order valence-corrected chi connectivity index (χ4v) is 0.807. The summed E-state index contributed by atoms with van der Waals surface area (Å²) in [5.41, 5.74) is 5.30. The quantitative estimate of drug-likeness (QED) is 0.640. The molecule has 0 aliphatic rings. The van der Waals surface area contributed by atoms with E-state index < -0.39 is 6.43 Å². The van der Waals surface area contributed by atoms with E-state index in [1.807, 2.05) is 0 Å². The molecule has 0 saturated heterocycles. The first kappa shape index (κ1) is 7.05. The maximum atomic E-state index is 11.9. The number of halogens is 2. The minimum Gasteiger partial charge on any atom is -0.397 e. The Morgan fingerprint density at radius 2 is 2.10 bits per heavy atom. The monoisotopic (exact) mass is 146 g/mol. The van der Waals surface area contributed by atoms with E-state index >= 15 is 0 Å². The van der Waals surface area contributed by atoms with Crippen LogP contribution in [0.2, 0.25) is 0 Å². The van der Waals surface area contributed by atoms with Gasteiger partial charge in [-0.3, -0.25) is 0 Å². The van der Waals surface area contributed by atoms with E-state index in [1.165, 1.54) is 17.0 Å². The predicted molar refractivity (Wildman–Crippen MR) is 34.8 cm³/mol. The standard InChI is InChI=1S/C6H8F2N2/c1-10-2-4(6(7)8)5(9)3-10/h2-3,6H,9H2,1H3. The second kappa shape index (κ2) is 2.28. The zero-order chi connectivity index (χ0) is 7.72. The van der Waals surface area contributed by atoms with Crippen LogP contribution in [0, 0.1) is 0 Å². The van der Waals surface area contributed by atoms with Crippen molar-refractivity contribution in [3.8, 4) is 0 Å². The second-order valence-electron chi connectivity index (χ2n) is 2.14.